The molecule has 1 saturated heterocycles. The quantitative estimate of drug-likeness (QED) is 0.889. The fourth-order valence-electron chi connectivity index (χ4n) is 2.70. The molecule has 1 aromatic rings. The maximum atomic E-state index is 12.7. The van der Waals surface area contributed by atoms with Gasteiger partial charge < -0.3 is 15.2 Å². The number of carbonyl (C=O) groups is 1. The van der Waals surface area contributed by atoms with Crippen molar-refractivity contribution in [3.63, 3.8) is 0 Å². The first-order chi connectivity index (χ1) is 9.63. The summed E-state index contributed by atoms with van der Waals surface area (Å²) >= 11 is 0. The molecular formula is C15H24ClN3O2. The number of carbonyl (C=O) groups excluding carboxylic acids is 1. The van der Waals surface area contributed by atoms with E-state index in [0.717, 1.165) is 38.0 Å². The second kappa shape index (κ2) is 8.20. The molecule has 0 atom stereocenters. The number of amides is 1. The Morgan fingerprint density at radius 2 is 2.00 bits per heavy atom. The van der Waals surface area contributed by atoms with Gasteiger partial charge in [-0.1, -0.05) is 6.92 Å². The Bertz CT molecular complexity index is 524. The van der Waals surface area contributed by atoms with Crippen molar-refractivity contribution in [3.05, 3.63) is 33.7 Å². The van der Waals surface area contributed by atoms with Crippen LogP contribution in [0.25, 0.3) is 0 Å². The molecule has 1 aromatic heterocycles. The van der Waals surface area contributed by atoms with E-state index in [4.69, 9.17) is 0 Å². The minimum Gasteiger partial charge on any atom is -0.335 e. The van der Waals surface area contributed by atoms with Crippen molar-refractivity contribution < 1.29 is 4.79 Å². The number of H-pyrrole nitrogens is 1. The Kier molecular flexibility index (Phi) is 6.92. The normalized spacial score (nSPS) is 15.3. The number of aromatic amines is 1. The van der Waals surface area contributed by atoms with E-state index >= 15 is 0 Å². The van der Waals surface area contributed by atoms with E-state index in [9.17, 15) is 9.59 Å². The van der Waals surface area contributed by atoms with Gasteiger partial charge in [-0.2, -0.15) is 0 Å². The van der Waals surface area contributed by atoms with E-state index in [2.05, 4.69) is 17.2 Å². The summed E-state index contributed by atoms with van der Waals surface area (Å²) in [5.74, 6) is -0.139. The number of piperidine rings is 1. The maximum Gasteiger partial charge on any atom is 0.260 e. The lowest BCUT2D eigenvalue weighted by molar-refractivity contribution is 0.0641. The zero-order chi connectivity index (χ0) is 14.5. The highest BCUT2D eigenvalue weighted by atomic mass is 35.5. The Balaban J connectivity index is 0.00000220. The third kappa shape index (κ3) is 4.32. The second-order valence-corrected chi connectivity index (χ2v) is 5.36. The highest BCUT2D eigenvalue weighted by Crippen LogP contribution is 2.15. The lowest BCUT2D eigenvalue weighted by Crippen LogP contribution is -2.47. The molecule has 2 heterocycles. The number of halogens is 1. The van der Waals surface area contributed by atoms with Crippen LogP contribution in [0.4, 0.5) is 0 Å². The van der Waals surface area contributed by atoms with Crippen LogP contribution < -0.4 is 10.9 Å². The highest BCUT2D eigenvalue weighted by Gasteiger charge is 2.26. The molecule has 0 radical (unpaired) electrons. The molecule has 6 heteroatoms. The number of nitrogens with one attached hydrogen (secondary N) is 2. The Morgan fingerprint density at radius 1 is 1.33 bits per heavy atom. The molecular weight excluding hydrogens is 290 g/mol. The molecule has 5 nitrogen and oxygen atoms in total. The van der Waals surface area contributed by atoms with E-state index in [-0.39, 0.29) is 35.5 Å². The number of aryl methyl sites for hydroxylation is 1. The SMILES string of the molecule is CCCN(C(=O)c1ccc(C)[nH]c1=O)C1CCNCC1.Cl. The molecule has 21 heavy (non-hydrogen) atoms. The average Bonchev–Trinajstić information content (AvgIpc) is 2.45. The third-order valence-electron chi connectivity index (χ3n) is 3.76. The number of hydrogen-bond acceptors (Lipinski definition) is 3. The van der Waals surface area contributed by atoms with Gasteiger partial charge in [0.25, 0.3) is 11.5 Å². The first-order valence-electron chi connectivity index (χ1n) is 7.35. The highest BCUT2D eigenvalue weighted by molar-refractivity contribution is 5.94. The number of nitrogens with zero attached hydrogens (tertiary/aromatic N) is 1. The van der Waals surface area contributed by atoms with Crippen molar-refractivity contribution in [2.75, 3.05) is 19.6 Å². The molecule has 1 aliphatic rings. The van der Waals surface area contributed by atoms with E-state index in [0.29, 0.717) is 6.54 Å². The van der Waals surface area contributed by atoms with Crippen molar-refractivity contribution in [2.24, 2.45) is 0 Å². The molecule has 0 unspecified atom stereocenters. The summed E-state index contributed by atoms with van der Waals surface area (Å²) in [6, 6.07) is 3.66. The zero-order valence-electron chi connectivity index (χ0n) is 12.6. The lowest BCUT2D eigenvalue weighted by atomic mass is 10.0. The van der Waals surface area contributed by atoms with Gasteiger partial charge in [-0.3, -0.25) is 9.59 Å². The van der Waals surface area contributed by atoms with Gasteiger partial charge in [0.1, 0.15) is 5.56 Å². The number of pyridine rings is 1. The summed E-state index contributed by atoms with van der Waals surface area (Å²) in [6.45, 7) is 6.44. The molecule has 1 amide bonds. The summed E-state index contributed by atoms with van der Waals surface area (Å²) in [5.41, 5.74) is 0.739. The smallest absolute Gasteiger partial charge is 0.260 e. The monoisotopic (exact) mass is 313 g/mol. The van der Waals surface area contributed by atoms with Crippen LogP contribution in [-0.2, 0) is 0 Å². The maximum absolute atomic E-state index is 12.7. The minimum atomic E-state index is -0.287. The van der Waals surface area contributed by atoms with Crippen LogP contribution in [0.2, 0.25) is 0 Å². The summed E-state index contributed by atoms with van der Waals surface area (Å²) in [4.78, 5) is 29.2. The molecule has 0 spiro atoms. The fourth-order valence-corrected chi connectivity index (χ4v) is 2.70. The molecule has 118 valence electrons. The van der Waals surface area contributed by atoms with Crippen molar-refractivity contribution in [1.29, 1.82) is 0 Å². The number of rotatable bonds is 4. The first-order valence-corrected chi connectivity index (χ1v) is 7.35. The predicted molar refractivity (Wildman–Crippen MR) is 86.3 cm³/mol. The molecule has 0 aliphatic carbocycles. The van der Waals surface area contributed by atoms with Crippen LogP contribution in [0.1, 0.15) is 42.2 Å². The number of aromatic nitrogens is 1. The lowest BCUT2D eigenvalue weighted by Gasteiger charge is -2.34. The molecule has 1 fully saturated rings. The van der Waals surface area contributed by atoms with E-state index in [1.807, 2.05) is 11.8 Å². The Labute approximate surface area is 131 Å². The Morgan fingerprint density at radius 3 is 2.57 bits per heavy atom. The van der Waals surface area contributed by atoms with Gasteiger partial charge in [-0.05, 0) is 51.4 Å². The van der Waals surface area contributed by atoms with Crippen LogP contribution in [0.3, 0.4) is 0 Å². The standard InChI is InChI=1S/C15H23N3O2.ClH/c1-3-10-18(12-6-8-16-9-7-12)15(20)13-5-4-11(2)17-14(13)19;/h4-5,12,16H,3,6-10H2,1-2H3,(H,17,19);1H. The predicted octanol–water partition coefficient (Wildman–Crippen LogP) is 1.71. The van der Waals surface area contributed by atoms with Gasteiger partial charge in [0.15, 0.2) is 0 Å². The van der Waals surface area contributed by atoms with E-state index in [1.54, 1.807) is 12.1 Å². The minimum absolute atomic E-state index is 0. The van der Waals surface area contributed by atoms with Crippen molar-refractivity contribution in [2.45, 2.75) is 39.2 Å². The molecule has 2 N–H and O–H groups in total. The summed E-state index contributed by atoms with van der Waals surface area (Å²) in [5, 5.41) is 3.30. The topological polar surface area (TPSA) is 65.2 Å². The summed E-state index contributed by atoms with van der Waals surface area (Å²) in [6.07, 6.45) is 2.81. The van der Waals surface area contributed by atoms with Gasteiger partial charge in [-0.25, -0.2) is 0 Å². The van der Waals surface area contributed by atoms with Crippen molar-refractivity contribution in [3.8, 4) is 0 Å². The van der Waals surface area contributed by atoms with E-state index in [1.165, 1.54) is 0 Å². The van der Waals surface area contributed by atoms with Crippen LogP contribution in [0, 0.1) is 6.92 Å². The van der Waals surface area contributed by atoms with Gasteiger partial charge in [0, 0.05) is 18.3 Å². The molecule has 0 bridgehead atoms. The largest absolute Gasteiger partial charge is 0.335 e. The van der Waals surface area contributed by atoms with Crippen molar-refractivity contribution in [1.82, 2.24) is 15.2 Å². The van der Waals surface area contributed by atoms with Gasteiger partial charge in [0.2, 0.25) is 0 Å². The number of hydrogen-bond donors (Lipinski definition) is 2. The van der Waals surface area contributed by atoms with Crippen LogP contribution in [0.5, 0.6) is 0 Å². The molecule has 2 rings (SSSR count). The van der Waals surface area contributed by atoms with Gasteiger partial charge in [0.05, 0.1) is 0 Å². The molecule has 1 aliphatic heterocycles. The van der Waals surface area contributed by atoms with Crippen LogP contribution in [-0.4, -0.2) is 41.5 Å². The summed E-state index contributed by atoms with van der Waals surface area (Å²) in [7, 11) is 0. The molecule has 0 aromatic carbocycles. The van der Waals surface area contributed by atoms with Crippen LogP contribution in [0.15, 0.2) is 16.9 Å². The van der Waals surface area contributed by atoms with Gasteiger partial charge >= 0.3 is 0 Å². The first kappa shape index (κ1) is 17.7. The van der Waals surface area contributed by atoms with Crippen LogP contribution >= 0.6 is 12.4 Å². The Hall–Kier alpha value is -1.33. The average molecular weight is 314 g/mol. The fraction of sp³-hybridized carbons (Fsp3) is 0.600. The van der Waals surface area contributed by atoms with E-state index < -0.39 is 0 Å². The van der Waals surface area contributed by atoms with Gasteiger partial charge in [-0.15, -0.1) is 12.4 Å². The molecule has 0 saturated carbocycles. The zero-order valence-corrected chi connectivity index (χ0v) is 13.5. The van der Waals surface area contributed by atoms with Crippen molar-refractivity contribution >= 4 is 18.3 Å². The summed E-state index contributed by atoms with van der Waals surface area (Å²) < 4.78 is 0. The third-order valence-corrected chi connectivity index (χ3v) is 3.76. The second-order valence-electron chi connectivity index (χ2n) is 5.36.